The first-order valence-electron chi connectivity index (χ1n) is 6.89. The number of rotatable bonds is 6. The zero-order valence-electron chi connectivity index (χ0n) is 12.4. The summed E-state index contributed by atoms with van der Waals surface area (Å²) in [6.07, 6.45) is 2.38. The van der Waals surface area contributed by atoms with E-state index < -0.39 is 0 Å². The predicted molar refractivity (Wildman–Crippen MR) is 79.2 cm³/mol. The van der Waals surface area contributed by atoms with Crippen LogP contribution in [0.1, 0.15) is 38.4 Å². The Kier molecular flexibility index (Phi) is 3.94. The van der Waals surface area contributed by atoms with Crippen LogP contribution in [-0.4, -0.2) is 42.1 Å². The van der Waals surface area contributed by atoms with Crippen molar-refractivity contribution in [2.24, 2.45) is 5.41 Å². The van der Waals surface area contributed by atoms with Gasteiger partial charge < -0.3 is 16.0 Å². The van der Waals surface area contributed by atoms with Crippen molar-refractivity contribution in [2.75, 3.05) is 38.2 Å². The molecule has 0 radical (unpaired) electrons. The van der Waals surface area contributed by atoms with Crippen LogP contribution in [0.15, 0.2) is 6.07 Å². The van der Waals surface area contributed by atoms with Gasteiger partial charge in [-0.3, -0.25) is 0 Å². The summed E-state index contributed by atoms with van der Waals surface area (Å²) in [5.41, 5.74) is 6.03. The Morgan fingerprint density at radius 3 is 2.63 bits per heavy atom. The smallest absolute Gasteiger partial charge is 0.136 e. The van der Waals surface area contributed by atoms with Crippen LogP contribution in [0.5, 0.6) is 0 Å². The average Bonchev–Trinajstić information content (AvgIpc) is 3.07. The van der Waals surface area contributed by atoms with Crippen LogP contribution in [0, 0.1) is 5.41 Å². The maximum atomic E-state index is 5.85. The molecule has 0 aromatic carbocycles. The molecular weight excluding hydrogens is 238 g/mol. The Bertz CT molecular complexity index is 437. The highest BCUT2D eigenvalue weighted by molar-refractivity contribution is 5.45. The minimum atomic E-state index is 0.183. The summed E-state index contributed by atoms with van der Waals surface area (Å²) in [4.78, 5) is 11.1. The molecule has 3 N–H and O–H groups in total. The van der Waals surface area contributed by atoms with Gasteiger partial charge in [0.2, 0.25) is 0 Å². The fraction of sp³-hybridized carbons (Fsp3) is 0.714. The van der Waals surface area contributed by atoms with Gasteiger partial charge in [-0.1, -0.05) is 13.8 Å². The third-order valence-electron chi connectivity index (χ3n) is 3.20. The van der Waals surface area contributed by atoms with Gasteiger partial charge in [0, 0.05) is 25.1 Å². The van der Waals surface area contributed by atoms with Crippen molar-refractivity contribution in [3.8, 4) is 0 Å². The van der Waals surface area contributed by atoms with E-state index in [1.165, 1.54) is 12.8 Å². The molecule has 0 aliphatic heterocycles. The lowest BCUT2D eigenvalue weighted by molar-refractivity contribution is 0.254. The minimum Gasteiger partial charge on any atom is -0.384 e. The summed E-state index contributed by atoms with van der Waals surface area (Å²) in [6.45, 7) is 6.38. The number of nitrogen functional groups attached to an aromatic ring is 1. The van der Waals surface area contributed by atoms with Crippen molar-refractivity contribution in [3.63, 3.8) is 0 Å². The van der Waals surface area contributed by atoms with Crippen LogP contribution >= 0.6 is 0 Å². The number of nitrogens with one attached hydrogen (secondary N) is 1. The molecule has 19 heavy (non-hydrogen) atoms. The van der Waals surface area contributed by atoms with Gasteiger partial charge in [0.05, 0.1) is 0 Å². The van der Waals surface area contributed by atoms with Crippen LogP contribution in [0.25, 0.3) is 0 Å². The van der Waals surface area contributed by atoms with E-state index in [9.17, 15) is 0 Å². The van der Waals surface area contributed by atoms with Gasteiger partial charge in [0.15, 0.2) is 0 Å². The fourth-order valence-electron chi connectivity index (χ4n) is 2.34. The fourth-order valence-corrected chi connectivity index (χ4v) is 2.34. The molecule has 1 aliphatic carbocycles. The first-order valence-corrected chi connectivity index (χ1v) is 6.89. The number of aromatic nitrogens is 2. The van der Waals surface area contributed by atoms with Crippen molar-refractivity contribution >= 4 is 11.6 Å². The summed E-state index contributed by atoms with van der Waals surface area (Å²) in [5.74, 6) is 2.83. The number of hydrogen-bond acceptors (Lipinski definition) is 5. The van der Waals surface area contributed by atoms with Gasteiger partial charge in [0.1, 0.15) is 17.5 Å². The molecule has 0 amide bonds. The van der Waals surface area contributed by atoms with Gasteiger partial charge in [-0.05, 0) is 32.4 Å². The van der Waals surface area contributed by atoms with Crippen molar-refractivity contribution < 1.29 is 0 Å². The number of nitrogens with zero attached hydrogens (tertiary/aromatic N) is 3. The molecule has 0 atom stereocenters. The van der Waals surface area contributed by atoms with E-state index in [2.05, 4.69) is 48.1 Å². The second-order valence-electron chi connectivity index (χ2n) is 6.57. The number of nitrogens with two attached hydrogens (primary N) is 1. The Hall–Kier alpha value is -1.36. The molecule has 5 nitrogen and oxygen atoms in total. The topological polar surface area (TPSA) is 67.1 Å². The Labute approximate surface area is 115 Å². The Morgan fingerprint density at radius 2 is 2.05 bits per heavy atom. The van der Waals surface area contributed by atoms with Crippen LogP contribution in [-0.2, 0) is 0 Å². The summed E-state index contributed by atoms with van der Waals surface area (Å²) in [6, 6.07) is 1.82. The maximum absolute atomic E-state index is 5.85. The largest absolute Gasteiger partial charge is 0.384 e. The van der Waals surface area contributed by atoms with Gasteiger partial charge in [-0.25, -0.2) is 9.97 Å². The first kappa shape index (κ1) is 14.1. The molecule has 0 spiro atoms. The monoisotopic (exact) mass is 263 g/mol. The third-order valence-corrected chi connectivity index (χ3v) is 3.20. The van der Waals surface area contributed by atoms with Crippen LogP contribution in [0.3, 0.4) is 0 Å². The van der Waals surface area contributed by atoms with Crippen LogP contribution in [0.2, 0.25) is 0 Å². The molecular formula is C14H25N5. The van der Waals surface area contributed by atoms with Crippen molar-refractivity contribution in [1.29, 1.82) is 0 Å². The lowest BCUT2D eigenvalue weighted by Crippen LogP contribution is -2.34. The van der Waals surface area contributed by atoms with Crippen LogP contribution in [0.4, 0.5) is 11.6 Å². The Balaban J connectivity index is 1.98. The van der Waals surface area contributed by atoms with E-state index in [0.29, 0.717) is 11.7 Å². The normalized spacial score (nSPS) is 15.8. The molecule has 5 heteroatoms. The molecule has 1 fully saturated rings. The zero-order chi connectivity index (χ0) is 14.0. The lowest BCUT2D eigenvalue weighted by Gasteiger charge is -2.28. The maximum Gasteiger partial charge on any atom is 0.136 e. The van der Waals surface area contributed by atoms with E-state index in [-0.39, 0.29) is 5.41 Å². The number of hydrogen-bond donors (Lipinski definition) is 2. The zero-order valence-corrected chi connectivity index (χ0v) is 12.4. The van der Waals surface area contributed by atoms with Crippen molar-refractivity contribution in [3.05, 3.63) is 11.9 Å². The van der Waals surface area contributed by atoms with E-state index in [1.54, 1.807) is 0 Å². The van der Waals surface area contributed by atoms with E-state index >= 15 is 0 Å². The lowest BCUT2D eigenvalue weighted by atomic mass is 9.93. The Morgan fingerprint density at radius 1 is 1.37 bits per heavy atom. The second kappa shape index (κ2) is 5.33. The molecule has 0 bridgehead atoms. The first-order chi connectivity index (χ1) is 8.85. The molecule has 1 heterocycles. The molecule has 1 aromatic rings. The van der Waals surface area contributed by atoms with Crippen molar-refractivity contribution in [2.45, 2.75) is 32.6 Å². The van der Waals surface area contributed by atoms with Gasteiger partial charge in [0.25, 0.3) is 0 Å². The van der Waals surface area contributed by atoms with E-state index in [0.717, 1.165) is 24.7 Å². The molecule has 1 aromatic heterocycles. The molecule has 2 rings (SSSR count). The van der Waals surface area contributed by atoms with E-state index in [1.807, 2.05) is 6.07 Å². The summed E-state index contributed by atoms with van der Waals surface area (Å²) in [5, 5.41) is 3.40. The molecule has 0 saturated heterocycles. The summed E-state index contributed by atoms with van der Waals surface area (Å²) in [7, 11) is 4.19. The van der Waals surface area contributed by atoms with Crippen LogP contribution < -0.4 is 11.1 Å². The second-order valence-corrected chi connectivity index (χ2v) is 6.57. The molecule has 0 unspecified atom stereocenters. The van der Waals surface area contributed by atoms with E-state index in [4.69, 9.17) is 5.73 Å². The summed E-state index contributed by atoms with van der Waals surface area (Å²) < 4.78 is 0. The molecule has 1 aliphatic rings. The highest BCUT2D eigenvalue weighted by Crippen LogP contribution is 2.38. The highest BCUT2D eigenvalue weighted by atomic mass is 15.1. The third kappa shape index (κ3) is 4.35. The quantitative estimate of drug-likeness (QED) is 0.821. The van der Waals surface area contributed by atoms with Gasteiger partial charge >= 0.3 is 0 Å². The highest BCUT2D eigenvalue weighted by Gasteiger charge is 2.27. The molecule has 1 saturated carbocycles. The SMILES string of the molecule is CN(C)CC(C)(C)CNc1cc(N)nc(C2CC2)n1. The predicted octanol–water partition coefficient (Wildman–Crippen LogP) is 1.94. The minimum absolute atomic E-state index is 0.183. The van der Waals surface area contributed by atoms with Gasteiger partial charge in [-0.15, -0.1) is 0 Å². The summed E-state index contributed by atoms with van der Waals surface area (Å²) >= 11 is 0. The molecule has 106 valence electrons. The van der Waals surface area contributed by atoms with Gasteiger partial charge in [-0.2, -0.15) is 0 Å². The standard InChI is InChI=1S/C14H25N5/c1-14(2,9-19(3)4)8-16-12-7-11(15)17-13(18-12)10-5-6-10/h7,10H,5-6,8-9H2,1-4H3,(H3,15,16,17,18). The van der Waals surface area contributed by atoms with Crippen molar-refractivity contribution in [1.82, 2.24) is 14.9 Å². The average molecular weight is 263 g/mol. The number of anilines is 2.